The lowest BCUT2D eigenvalue weighted by molar-refractivity contribution is -0.117. The van der Waals surface area contributed by atoms with Crippen molar-refractivity contribution in [3.8, 4) is 0 Å². The number of rotatable bonds is 3. The molecule has 1 fully saturated rings. The number of aryl methyl sites for hydroxylation is 1. The van der Waals surface area contributed by atoms with Gasteiger partial charge in [0.25, 0.3) is 0 Å². The van der Waals surface area contributed by atoms with Crippen molar-refractivity contribution in [2.75, 3.05) is 5.32 Å². The van der Waals surface area contributed by atoms with Gasteiger partial charge in [-0.3, -0.25) is 4.79 Å². The molecule has 0 radical (unpaired) electrons. The standard InChI is InChI=1S/C17H17Cl2N3O/c1-10-2-7-13(8-14(10)19)20-17(23)16-9-15(21-22-16)11-3-5-12(18)6-4-11/h2-8,15-16,21-22H,9H2,1H3,(H,20,23). The van der Waals surface area contributed by atoms with Gasteiger partial charge in [-0.1, -0.05) is 41.4 Å². The molecular weight excluding hydrogens is 333 g/mol. The highest BCUT2D eigenvalue weighted by Crippen LogP contribution is 2.25. The molecule has 6 heteroatoms. The van der Waals surface area contributed by atoms with Crippen molar-refractivity contribution in [2.24, 2.45) is 0 Å². The Balaban J connectivity index is 1.63. The quantitative estimate of drug-likeness (QED) is 0.788. The summed E-state index contributed by atoms with van der Waals surface area (Å²) in [5, 5.41) is 4.22. The Hall–Kier alpha value is -1.59. The molecule has 3 rings (SSSR count). The molecule has 0 bridgehead atoms. The predicted molar refractivity (Wildman–Crippen MR) is 93.7 cm³/mol. The molecule has 23 heavy (non-hydrogen) atoms. The second-order valence-corrected chi connectivity index (χ2v) is 6.48. The minimum absolute atomic E-state index is 0.0737. The Kier molecular flexibility index (Phi) is 4.87. The van der Waals surface area contributed by atoms with Gasteiger partial charge >= 0.3 is 0 Å². The molecule has 4 nitrogen and oxygen atoms in total. The topological polar surface area (TPSA) is 53.2 Å². The maximum absolute atomic E-state index is 12.4. The fourth-order valence-electron chi connectivity index (χ4n) is 2.54. The second kappa shape index (κ2) is 6.89. The van der Waals surface area contributed by atoms with Crippen LogP contribution in [0.4, 0.5) is 5.69 Å². The van der Waals surface area contributed by atoms with Crippen LogP contribution in [-0.4, -0.2) is 11.9 Å². The molecule has 1 saturated heterocycles. The first-order valence-electron chi connectivity index (χ1n) is 7.36. The summed E-state index contributed by atoms with van der Waals surface area (Å²) >= 11 is 12.0. The van der Waals surface area contributed by atoms with Crippen LogP contribution in [0.15, 0.2) is 42.5 Å². The summed E-state index contributed by atoms with van der Waals surface area (Å²) < 4.78 is 0. The third kappa shape index (κ3) is 3.85. The molecule has 0 spiro atoms. The van der Waals surface area contributed by atoms with E-state index in [2.05, 4.69) is 16.2 Å². The molecule has 2 unspecified atom stereocenters. The average Bonchev–Trinajstić information content (AvgIpc) is 3.02. The van der Waals surface area contributed by atoms with Crippen LogP contribution >= 0.6 is 23.2 Å². The van der Waals surface area contributed by atoms with E-state index in [1.54, 1.807) is 6.07 Å². The van der Waals surface area contributed by atoms with E-state index in [1.165, 1.54) is 0 Å². The van der Waals surface area contributed by atoms with Crippen molar-refractivity contribution in [3.05, 3.63) is 63.6 Å². The van der Waals surface area contributed by atoms with Crippen LogP contribution in [0.25, 0.3) is 0 Å². The summed E-state index contributed by atoms with van der Waals surface area (Å²) in [6, 6.07) is 12.9. The highest BCUT2D eigenvalue weighted by atomic mass is 35.5. The number of halogens is 2. The van der Waals surface area contributed by atoms with E-state index in [1.807, 2.05) is 43.3 Å². The van der Waals surface area contributed by atoms with Crippen molar-refractivity contribution in [3.63, 3.8) is 0 Å². The van der Waals surface area contributed by atoms with Crippen molar-refractivity contribution in [1.82, 2.24) is 10.9 Å². The number of anilines is 1. The van der Waals surface area contributed by atoms with E-state index >= 15 is 0 Å². The van der Waals surface area contributed by atoms with Crippen LogP contribution in [0.5, 0.6) is 0 Å². The zero-order valence-electron chi connectivity index (χ0n) is 12.6. The molecule has 0 saturated carbocycles. The van der Waals surface area contributed by atoms with E-state index in [4.69, 9.17) is 23.2 Å². The van der Waals surface area contributed by atoms with Crippen LogP contribution in [0.3, 0.4) is 0 Å². The lowest BCUT2D eigenvalue weighted by Gasteiger charge is -2.11. The summed E-state index contributed by atoms with van der Waals surface area (Å²) in [5.41, 5.74) is 8.96. The second-order valence-electron chi connectivity index (χ2n) is 5.63. The number of hydrazine groups is 1. The number of carbonyl (C=O) groups is 1. The minimum atomic E-state index is -0.309. The van der Waals surface area contributed by atoms with Crippen LogP contribution in [0.2, 0.25) is 10.0 Å². The molecule has 0 aromatic heterocycles. The van der Waals surface area contributed by atoms with Gasteiger partial charge in [0.2, 0.25) is 5.91 Å². The van der Waals surface area contributed by atoms with Crippen molar-refractivity contribution in [1.29, 1.82) is 0 Å². The molecule has 1 aliphatic heterocycles. The molecule has 3 N–H and O–H groups in total. The zero-order chi connectivity index (χ0) is 16.4. The lowest BCUT2D eigenvalue weighted by Crippen LogP contribution is -2.39. The van der Waals surface area contributed by atoms with E-state index in [0.717, 1.165) is 11.1 Å². The van der Waals surface area contributed by atoms with Crippen LogP contribution in [0.1, 0.15) is 23.6 Å². The van der Waals surface area contributed by atoms with Gasteiger partial charge in [-0.05, 0) is 48.7 Å². The Morgan fingerprint density at radius 1 is 1.13 bits per heavy atom. The minimum Gasteiger partial charge on any atom is -0.325 e. The van der Waals surface area contributed by atoms with E-state index < -0.39 is 0 Å². The molecule has 2 aromatic carbocycles. The number of hydrogen-bond acceptors (Lipinski definition) is 3. The molecule has 1 heterocycles. The summed E-state index contributed by atoms with van der Waals surface area (Å²) in [4.78, 5) is 12.4. The number of carbonyl (C=O) groups excluding carboxylic acids is 1. The van der Waals surface area contributed by atoms with Gasteiger partial charge in [0.05, 0.1) is 0 Å². The number of hydrogen-bond donors (Lipinski definition) is 3. The van der Waals surface area contributed by atoms with Crippen LogP contribution in [-0.2, 0) is 4.79 Å². The van der Waals surface area contributed by atoms with E-state index in [9.17, 15) is 4.79 Å². The Labute approximate surface area is 145 Å². The number of nitrogens with one attached hydrogen (secondary N) is 3. The highest BCUT2D eigenvalue weighted by Gasteiger charge is 2.30. The van der Waals surface area contributed by atoms with Gasteiger partial charge in [0.1, 0.15) is 6.04 Å². The zero-order valence-corrected chi connectivity index (χ0v) is 14.1. The van der Waals surface area contributed by atoms with Crippen LogP contribution in [0, 0.1) is 6.92 Å². The monoisotopic (exact) mass is 349 g/mol. The summed E-state index contributed by atoms with van der Waals surface area (Å²) in [7, 11) is 0. The van der Waals surface area contributed by atoms with Gasteiger partial charge in [-0.2, -0.15) is 0 Å². The van der Waals surface area contributed by atoms with E-state index in [0.29, 0.717) is 22.2 Å². The Bertz CT molecular complexity index is 718. The molecule has 2 atom stereocenters. The summed E-state index contributed by atoms with van der Waals surface area (Å²) in [6.45, 7) is 1.92. The van der Waals surface area contributed by atoms with Crippen LogP contribution < -0.4 is 16.2 Å². The first kappa shape index (κ1) is 16.3. The fourth-order valence-corrected chi connectivity index (χ4v) is 2.85. The third-order valence-electron chi connectivity index (χ3n) is 3.93. The lowest BCUT2D eigenvalue weighted by atomic mass is 10.0. The summed E-state index contributed by atoms with van der Waals surface area (Å²) in [5.74, 6) is -0.0890. The maximum atomic E-state index is 12.4. The first-order chi connectivity index (χ1) is 11.0. The third-order valence-corrected chi connectivity index (χ3v) is 4.59. The summed E-state index contributed by atoms with van der Waals surface area (Å²) in [6.07, 6.45) is 0.660. The molecule has 120 valence electrons. The van der Waals surface area contributed by atoms with Crippen molar-refractivity contribution in [2.45, 2.75) is 25.4 Å². The van der Waals surface area contributed by atoms with Crippen molar-refractivity contribution >= 4 is 34.8 Å². The molecule has 1 aliphatic rings. The Morgan fingerprint density at radius 3 is 2.57 bits per heavy atom. The predicted octanol–water partition coefficient (Wildman–Crippen LogP) is 3.85. The average molecular weight is 350 g/mol. The normalized spacial score (nSPS) is 20.5. The number of benzene rings is 2. The molecule has 2 aromatic rings. The van der Waals surface area contributed by atoms with Gasteiger partial charge in [-0.25, -0.2) is 10.9 Å². The molecule has 1 amide bonds. The first-order valence-corrected chi connectivity index (χ1v) is 8.12. The SMILES string of the molecule is Cc1ccc(NC(=O)C2CC(c3ccc(Cl)cc3)NN2)cc1Cl. The highest BCUT2D eigenvalue weighted by molar-refractivity contribution is 6.31. The Morgan fingerprint density at radius 2 is 1.87 bits per heavy atom. The fraction of sp³-hybridized carbons (Fsp3) is 0.235. The van der Waals surface area contributed by atoms with Gasteiger partial charge in [0, 0.05) is 21.8 Å². The smallest absolute Gasteiger partial charge is 0.242 e. The van der Waals surface area contributed by atoms with Crippen molar-refractivity contribution < 1.29 is 4.79 Å². The largest absolute Gasteiger partial charge is 0.325 e. The number of amides is 1. The maximum Gasteiger partial charge on any atom is 0.242 e. The molecule has 0 aliphatic carbocycles. The van der Waals surface area contributed by atoms with Gasteiger partial charge in [-0.15, -0.1) is 0 Å². The van der Waals surface area contributed by atoms with Gasteiger partial charge < -0.3 is 5.32 Å². The molecular formula is C17H17Cl2N3O. The van der Waals surface area contributed by atoms with Gasteiger partial charge in [0.15, 0.2) is 0 Å². The van der Waals surface area contributed by atoms with E-state index in [-0.39, 0.29) is 18.0 Å².